The number of hydrogen-bond acceptors (Lipinski definition) is 6. The van der Waals surface area contributed by atoms with Gasteiger partial charge in [0.1, 0.15) is 4.70 Å². The Labute approximate surface area is 151 Å². The molecular formula is C17H15N3O3S2. The number of fused-ring (bicyclic) bond motifs is 1. The Kier molecular flexibility index (Phi) is 5.00. The maximum absolute atomic E-state index is 12.2. The maximum atomic E-state index is 12.2. The number of carbonyl (C=O) groups excluding carboxylic acids is 2. The average Bonchev–Trinajstić information content (AvgIpc) is 3.06. The van der Waals surface area contributed by atoms with E-state index in [4.69, 9.17) is 0 Å². The molecule has 2 heterocycles. The minimum absolute atomic E-state index is 0.0238. The molecule has 0 atom stereocenters. The summed E-state index contributed by atoms with van der Waals surface area (Å²) in [5, 5.41) is 5.08. The molecule has 3 rings (SSSR count). The Bertz CT molecular complexity index is 1010. The lowest BCUT2D eigenvalue weighted by molar-refractivity contribution is -0.113. The normalized spacial score (nSPS) is 10.8. The molecule has 0 bridgehead atoms. The lowest BCUT2D eigenvalue weighted by Gasteiger charge is -2.08. The molecule has 1 amide bonds. The summed E-state index contributed by atoms with van der Waals surface area (Å²) in [5.74, 6) is -0.103. The fourth-order valence-corrected chi connectivity index (χ4v) is 3.79. The molecule has 8 heteroatoms. The summed E-state index contributed by atoms with van der Waals surface area (Å²) in [6, 6.07) is 8.50. The first kappa shape index (κ1) is 17.4. The summed E-state index contributed by atoms with van der Waals surface area (Å²) < 4.78 is 2.07. The first-order valence-corrected chi connectivity index (χ1v) is 9.30. The highest BCUT2D eigenvalue weighted by Gasteiger charge is 2.12. The van der Waals surface area contributed by atoms with Gasteiger partial charge in [0.25, 0.3) is 5.56 Å². The summed E-state index contributed by atoms with van der Waals surface area (Å²) in [5.41, 5.74) is 1.75. The number of nitrogens with zero attached hydrogens (tertiary/aromatic N) is 2. The molecule has 0 aliphatic carbocycles. The number of Topliss-reactive ketones (excluding diaryl/α,β-unsaturated/α-hetero) is 1. The fraction of sp³-hybridized carbons (Fsp3) is 0.176. The van der Waals surface area contributed by atoms with Crippen LogP contribution in [0.3, 0.4) is 0 Å². The van der Waals surface area contributed by atoms with Crippen molar-refractivity contribution >= 4 is 50.7 Å². The molecule has 1 N–H and O–H groups in total. The third kappa shape index (κ3) is 3.80. The molecule has 0 spiro atoms. The Balaban J connectivity index is 1.67. The predicted molar refractivity (Wildman–Crippen MR) is 101 cm³/mol. The van der Waals surface area contributed by atoms with E-state index in [-0.39, 0.29) is 23.0 Å². The highest BCUT2D eigenvalue weighted by atomic mass is 32.2. The monoisotopic (exact) mass is 373 g/mol. The summed E-state index contributed by atoms with van der Waals surface area (Å²) in [7, 11) is 1.65. The van der Waals surface area contributed by atoms with Gasteiger partial charge in [0.2, 0.25) is 5.91 Å². The van der Waals surface area contributed by atoms with E-state index in [1.54, 1.807) is 37.4 Å². The minimum Gasteiger partial charge on any atom is -0.325 e. The second kappa shape index (κ2) is 7.20. The molecule has 0 saturated carbocycles. The van der Waals surface area contributed by atoms with Crippen molar-refractivity contribution in [3.8, 4) is 0 Å². The van der Waals surface area contributed by atoms with Crippen molar-refractivity contribution in [2.45, 2.75) is 12.1 Å². The fourth-order valence-electron chi connectivity index (χ4n) is 2.21. The molecule has 128 valence electrons. The van der Waals surface area contributed by atoms with Gasteiger partial charge < -0.3 is 5.32 Å². The summed E-state index contributed by atoms with van der Waals surface area (Å²) in [6.45, 7) is 1.49. The van der Waals surface area contributed by atoms with Gasteiger partial charge in [-0.2, -0.15) is 0 Å². The van der Waals surface area contributed by atoms with E-state index in [0.29, 0.717) is 26.6 Å². The molecule has 1 aromatic carbocycles. The number of ketones is 1. The van der Waals surface area contributed by atoms with Gasteiger partial charge >= 0.3 is 0 Å². The maximum Gasteiger partial charge on any atom is 0.271 e. The zero-order valence-corrected chi connectivity index (χ0v) is 15.2. The number of benzene rings is 1. The SMILES string of the molecule is CC(=O)c1ccc(NC(=O)CSc2nc3ccsc3c(=O)n2C)cc1. The molecule has 3 aromatic rings. The van der Waals surface area contributed by atoms with Crippen LogP contribution in [0.25, 0.3) is 10.2 Å². The number of thiophene rings is 1. The third-order valence-corrected chi connectivity index (χ3v) is 5.48. The number of thioether (sulfide) groups is 1. The molecule has 0 radical (unpaired) electrons. The number of hydrogen-bond donors (Lipinski definition) is 1. The van der Waals surface area contributed by atoms with Crippen molar-refractivity contribution in [1.82, 2.24) is 9.55 Å². The number of anilines is 1. The first-order chi connectivity index (χ1) is 12.0. The van der Waals surface area contributed by atoms with Crippen LogP contribution in [-0.2, 0) is 11.8 Å². The quantitative estimate of drug-likeness (QED) is 0.422. The average molecular weight is 373 g/mol. The Hall–Kier alpha value is -2.45. The van der Waals surface area contributed by atoms with E-state index in [1.807, 2.05) is 5.38 Å². The van der Waals surface area contributed by atoms with Crippen LogP contribution in [0.5, 0.6) is 0 Å². The predicted octanol–water partition coefficient (Wildman–Crippen LogP) is 2.93. The van der Waals surface area contributed by atoms with E-state index in [1.165, 1.54) is 34.6 Å². The molecule has 0 unspecified atom stereocenters. The number of amides is 1. The van der Waals surface area contributed by atoms with Gasteiger partial charge in [-0.25, -0.2) is 4.98 Å². The van der Waals surface area contributed by atoms with Crippen LogP contribution >= 0.6 is 23.1 Å². The van der Waals surface area contributed by atoms with E-state index < -0.39 is 0 Å². The number of aromatic nitrogens is 2. The molecule has 0 aliphatic rings. The van der Waals surface area contributed by atoms with Crippen molar-refractivity contribution in [3.63, 3.8) is 0 Å². The molecular weight excluding hydrogens is 358 g/mol. The second-order valence-electron chi connectivity index (χ2n) is 5.36. The van der Waals surface area contributed by atoms with Crippen molar-refractivity contribution < 1.29 is 9.59 Å². The summed E-state index contributed by atoms with van der Waals surface area (Å²) >= 11 is 2.56. The van der Waals surface area contributed by atoms with Gasteiger partial charge in [-0.05, 0) is 42.6 Å². The lowest BCUT2D eigenvalue weighted by atomic mass is 10.1. The lowest BCUT2D eigenvalue weighted by Crippen LogP contribution is -2.20. The van der Waals surface area contributed by atoms with Crippen LogP contribution in [0, 0.1) is 0 Å². The zero-order chi connectivity index (χ0) is 18.0. The zero-order valence-electron chi connectivity index (χ0n) is 13.6. The number of rotatable bonds is 5. The van der Waals surface area contributed by atoms with Crippen LogP contribution in [0.2, 0.25) is 0 Å². The van der Waals surface area contributed by atoms with Gasteiger partial charge in [-0.1, -0.05) is 11.8 Å². The topological polar surface area (TPSA) is 81.1 Å². The molecule has 0 aliphatic heterocycles. The number of nitrogens with one attached hydrogen (secondary N) is 1. The van der Waals surface area contributed by atoms with Gasteiger partial charge in [-0.15, -0.1) is 11.3 Å². The van der Waals surface area contributed by atoms with Crippen molar-refractivity contribution in [3.05, 3.63) is 51.6 Å². The Morgan fingerprint density at radius 1 is 1.24 bits per heavy atom. The van der Waals surface area contributed by atoms with Crippen molar-refractivity contribution in [2.75, 3.05) is 11.1 Å². The first-order valence-electron chi connectivity index (χ1n) is 7.43. The van der Waals surface area contributed by atoms with Crippen LogP contribution in [0.4, 0.5) is 5.69 Å². The van der Waals surface area contributed by atoms with Crippen molar-refractivity contribution in [1.29, 1.82) is 0 Å². The Morgan fingerprint density at radius 2 is 1.96 bits per heavy atom. The van der Waals surface area contributed by atoms with Crippen LogP contribution in [0.15, 0.2) is 45.7 Å². The van der Waals surface area contributed by atoms with E-state index >= 15 is 0 Å². The third-order valence-electron chi connectivity index (χ3n) is 3.55. The molecule has 25 heavy (non-hydrogen) atoms. The standard InChI is InChI=1S/C17H15N3O3S2/c1-10(21)11-3-5-12(6-4-11)18-14(22)9-25-17-19-13-7-8-24-15(13)16(23)20(17)2/h3-8H,9H2,1-2H3,(H,18,22). The van der Waals surface area contributed by atoms with Crippen molar-refractivity contribution in [2.24, 2.45) is 7.05 Å². The smallest absolute Gasteiger partial charge is 0.271 e. The Morgan fingerprint density at radius 3 is 2.64 bits per heavy atom. The molecule has 0 saturated heterocycles. The van der Waals surface area contributed by atoms with Gasteiger partial charge in [-0.3, -0.25) is 19.0 Å². The minimum atomic E-state index is -0.208. The van der Waals surface area contributed by atoms with E-state index in [2.05, 4.69) is 10.3 Å². The van der Waals surface area contributed by atoms with Crippen LogP contribution < -0.4 is 10.9 Å². The number of carbonyl (C=O) groups is 2. The van der Waals surface area contributed by atoms with E-state index in [9.17, 15) is 14.4 Å². The second-order valence-corrected chi connectivity index (χ2v) is 7.22. The molecule has 0 fully saturated rings. The van der Waals surface area contributed by atoms with Gasteiger partial charge in [0, 0.05) is 18.3 Å². The van der Waals surface area contributed by atoms with E-state index in [0.717, 1.165) is 0 Å². The van der Waals surface area contributed by atoms with Gasteiger partial charge in [0.05, 0.1) is 11.3 Å². The summed E-state index contributed by atoms with van der Waals surface area (Å²) in [4.78, 5) is 40.0. The van der Waals surface area contributed by atoms with Crippen LogP contribution in [-0.4, -0.2) is 27.0 Å². The highest BCUT2D eigenvalue weighted by molar-refractivity contribution is 7.99. The molecule has 2 aromatic heterocycles. The largest absolute Gasteiger partial charge is 0.325 e. The highest BCUT2D eigenvalue weighted by Crippen LogP contribution is 2.20. The van der Waals surface area contributed by atoms with Gasteiger partial charge in [0.15, 0.2) is 10.9 Å². The summed E-state index contributed by atoms with van der Waals surface area (Å²) in [6.07, 6.45) is 0. The molecule has 6 nitrogen and oxygen atoms in total. The van der Waals surface area contributed by atoms with Crippen LogP contribution in [0.1, 0.15) is 17.3 Å².